The van der Waals surface area contributed by atoms with E-state index in [9.17, 15) is 21.6 Å². The third kappa shape index (κ3) is 6.92. The molecule has 2 aromatic rings. The average Bonchev–Trinajstić information content (AvgIpc) is 2.74. The van der Waals surface area contributed by atoms with Crippen LogP contribution in [0.1, 0.15) is 18.9 Å². The molecule has 9 nitrogen and oxygen atoms in total. The maximum atomic E-state index is 12.8. The molecule has 33 heavy (non-hydrogen) atoms. The monoisotopic (exact) mass is 497 g/mol. The molecule has 1 N–H and O–H groups in total. The van der Waals surface area contributed by atoms with E-state index in [1.165, 1.54) is 38.4 Å². The van der Waals surface area contributed by atoms with Gasteiger partial charge in [-0.1, -0.05) is 19.1 Å². The Bertz CT molecular complexity index is 1160. The van der Waals surface area contributed by atoms with Gasteiger partial charge in [-0.2, -0.15) is 0 Å². The Labute approximate surface area is 196 Å². The first-order valence-electron chi connectivity index (χ1n) is 10.4. The van der Waals surface area contributed by atoms with Crippen molar-refractivity contribution in [3.63, 3.8) is 0 Å². The molecule has 1 amide bonds. The molecule has 0 aromatic heterocycles. The molecule has 0 bridgehead atoms. The predicted octanol–water partition coefficient (Wildman–Crippen LogP) is 1.99. The number of amides is 1. The van der Waals surface area contributed by atoms with Crippen LogP contribution in [0, 0.1) is 6.92 Å². The summed E-state index contributed by atoms with van der Waals surface area (Å²) in [6.45, 7) is 3.88. The van der Waals surface area contributed by atoms with Crippen molar-refractivity contribution in [2.75, 3.05) is 37.8 Å². The van der Waals surface area contributed by atoms with Crippen molar-refractivity contribution in [3.05, 3.63) is 54.1 Å². The lowest BCUT2D eigenvalue weighted by molar-refractivity contribution is -0.122. The summed E-state index contributed by atoms with van der Waals surface area (Å²) < 4.78 is 57.0. The summed E-state index contributed by atoms with van der Waals surface area (Å²) in [5.74, 6) is 0.0203. The first kappa shape index (κ1) is 26.6. The van der Waals surface area contributed by atoms with Gasteiger partial charge in [0.1, 0.15) is 18.4 Å². The molecule has 0 unspecified atom stereocenters. The lowest BCUT2D eigenvalue weighted by Crippen LogP contribution is -2.50. The molecule has 0 fully saturated rings. The van der Waals surface area contributed by atoms with Gasteiger partial charge in [0.25, 0.3) is 0 Å². The number of rotatable bonds is 11. The van der Waals surface area contributed by atoms with Crippen LogP contribution in [0.15, 0.2) is 53.4 Å². The van der Waals surface area contributed by atoms with Gasteiger partial charge in [-0.25, -0.2) is 21.1 Å². The standard InChI is InChI=1S/C22H31N3O6S2/c1-6-21(25(32(5,27)28)18-9-7-8-17(2)16-18)22(26)23-14-15-31-19-10-12-20(13-11-19)33(29,30)24(3)4/h7-13,16,21H,6,14-15H2,1-5H3,(H,23,26)/t21-/m0/s1. The second-order valence-electron chi connectivity index (χ2n) is 7.72. The zero-order valence-electron chi connectivity index (χ0n) is 19.5. The van der Waals surface area contributed by atoms with Gasteiger partial charge >= 0.3 is 0 Å². The fourth-order valence-electron chi connectivity index (χ4n) is 3.20. The van der Waals surface area contributed by atoms with Crippen molar-refractivity contribution in [2.45, 2.75) is 31.2 Å². The number of carbonyl (C=O) groups is 1. The van der Waals surface area contributed by atoms with Gasteiger partial charge < -0.3 is 10.1 Å². The first-order chi connectivity index (χ1) is 15.4. The zero-order valence-corrected chi connectivity index (χ0v) is 21.1. The van der Waals surface area contributed by atoms with Gasteiger partial charge in [0.2, 0.25) is 26.0 Å². The largest absolute Gasteiger partial charge is 0.492 e. The molecule has 0 spiro atoms. The van der Waals surface area contributed by atoms with E-state index >= 15 is 0 Å². The fraction of sp³-hybridized carbons (Fsp3) is 0.409. The number of anilines is 1. The SMILES string of the molecule is CC[C@@H](C(=O)NCCOc1ccc(S(=O)(=O)N(C)C)cc1)N(c1cccc(C)c1)S(C)(=O)=O. The van der Waals surface area contributed by atoms with Crippen molar-refractivity contribution >= 4 is 31.6 Å². The van der Waals surface area contributed by atoms with E-state index in [1.807, 2.05) is 13.0 Å². The van der Waals surface area contributed by atoms with Crippen molar-refractivity contribution in [3.8, 4) is 5.75 Å². The summed E-state index contributed by atoms with van der Waals surface area (Å²) in [6, 6.07) is 12.0. The Morgan fingerprint density at radius 3 is 2.21 bits per heavy atom. The summed E-state index contributed by atoms with van der Waals surface area (Å²) in [5, 5.41) is 2.72. The topological polar surface area (TPSA) is 113 Å². The van der Waals surface area contributed by atoms with Crippen molar-refractivity contribution in [1.82, 2.24) is 9.62 Å². The Morgan fingerprint density at radius 2 is 1.70 bits per heavy atom. The van der Waals surface area contributed by atoms with Crippen molar-refractivity contribution in [1.29, 1.82) is 0 Å². The number of aryl methyl sites for hydroxylation is 1. The number of ether oxygens (including phenoxy) is 1. The van der Waals surface area contributed by atoms with E-state index in [-0.39, 0.29) is 24.5 Å². The number of hydrogen-bond acceptors (Lipinski definition) is 6. The molecule has 0 aliphatic rings. The highest BCUT2D eigenvalue weighted by Crippen LogP contribution is 2.23. The number of benzene rings is 2. The number of hydrogen-bond donors (Lipinski definition) is 1. The molecule has 0 aliphatic carbocycles. The van der Waals surface area contributed by atoms with Gasteiger partial charge in [-0.3, -0.25) is 9.10 Å². The minimum absolute atomic E-state index is 0.130. The van der Waals surface area contributed by atoms with E-state index in [2.05, 4.69) is 5.32 Å². The molecule has 0 heterocycles. The lowest BCUT2D eigenvalue weighted by Gasteiger charge is -2.30. The highest BCUT2D eigenvalue weighted by molar-refractivity contribution is 7.92. The summed E-state index contributed by atoms with van der Waals surface area (Å²) in [6.07, 6.45) is 1.37. The summed E-state index contributed by atoms with van der Waals surface area (Å²) in [5.41, 5.74) is 1.32. The van der Waals surface area contributed by atoms with Crippen LogP contribution in [0.3, 0.4) is 0 Å². The highest BCUT2D eigenvalue weighted by Gasteiger charge is 2.31. The van der Waals surface area contributed by atoms with E-state index in [0.29, 0.717) is 11.4 Å². The molecular weight excluding hydrogens is 466 g/mol. The number of nitrogens with one attached hydrogen (secondary N) is 1. The molecule has 2 aromatic carbocycles. The van der Waals surface area contributed by atoms with E-state index < -0.39 is 32.0 Å². The second kappa shape index (κ2) is 11.0. The Balaban J connectivity index is 2.01. The molecule has 182 valence electrons. The van der Waals surface area contributed by atoms with E-state index in [0.717, 1.165) is 20.4 Å². The van der Waals surface area contributed by atoms with Crippen LogP contribution in [0.4, 0.5) is 5.69 Å². The highest BCUT2D eigenvalue weighted by atomic mass is 32.2. The Kier molecular flexibility index (Phi) is 8.87. The molecule has 0 saturated heterocycles. The summed E-state index contributed by atoms with van der Waals surface area (Å²) in [4.78, 5) is 13.0. The third-order valence-corrected chi connectivity index (χ3v) is 7.87. The predicted molar refractivity (Wildman–Crippen MR) is 128 cm³/mol. The quantitative estimate of drug-likeness (QED) is 0.475. The number of nitrogens with zero attached hydrogens (tertiary/aromatic N) is 2. The Hall–Kier alpha value is -2.63. The van der Waals surface area contributed by atoms with Crippen LogP contribution in [0.5, 0.6) is 5.75 Å². The van der Waals surface area contributed by atoms with E-state index in [4.69, 9.17) is 4.74 Å². The minimum atomic E-state index is -3.70. The van der Waals surface area contributed by atoms with Gasteiger partial charge in [0, 0.05) is 14.1 Å². The smallest absolute Gasteiger partial charge is 0.244 e. The van der Waals surface area contributed by atoms with Crippen LogP contribution in [0.2, 0.25) is 0 Å². The fourth-order valence-corrected chi connectivity index (χ4v) is 5.31. The lowest BCUT2D eigenvalue weighted by atomic mass is 10.1. The van der Waals surface area contributed by atoms with Crippen molar-refractivity contribution < 1.29 is 26.4 Å². The summed E-state index contributed by atoms with van der Waals surface area (Å²) in [7, 11) is -4.31. The van der Waals surface area contributed by atoms with Crippen LogP contribution < -0.4 is 14.4 Å². The molecular formula is C22H31N3O6S2. The molecule has 2 rings (SSSR count). The summed E-state index contributed by atoms with van der Waals surface area (Å²) >= 11 is 0. The van der Waals surface area contributed by atoms with Gasteiger partial charge in [0.05, 0.1) is 23.4 Å². The minimum Gasteiger partial charge on any atom is -0.492 e. The van der Waals surface area contributed by atoms with Crippen molar-refractivity contribution in [2.24, 2.45) is 0 Å². The first-order valence-corrected chi connectivity index (χ1v) is 13.7. The number of sulfonamides is 2. The van der Waals surface area contributed by atoms with Crippen LogP contribution in [0.25, 0.3) is 0 Å². The third-order valence-electron chi connectivity index (χ3n) is 4.86. The average molecular weight is 498 g/mol. The Morgan fingerprint density at radius 1 is 1.06 bits per heavy atom. The van der Waals surface area contributed by atoms with Gasteiger partial charge in [0.15, 0.2) is 0 Å². The normalized spacial score (nSPS) is 12.9. The maximum Gasteiger partial charge on any atom is 0.244 e. The second-order valence-corrected chi connectivity index (χ2v) is 11.7. The number of carbonyl (C=O) groups excluding carboxylic acids is 1. The van der Waals surface area contributed by atoms with Crippen LogP contribution in [-0.4, -0.2) is 66.6 Å². The zero-order chi connectivity index (χ0) is 24.8. The van der Waals surface area contributed by atoms with E-state index in [1.54, 1.807) is 25.1 Å². The maximum absolute atomic E-state index is 12.8. The molecule has 0 saturated carbocycles. The van der Waals surface area contributed by atoms with Crippen LogP contribution in [-0.2, 0) is 24.8 Å². The molecule has 0 aliphatic heterocycles. The van der Waals surface area contributed by atoms with Gasteiger partial charge in [-0.05, 0) is 55.3 Å². The van der Waals surface area contributed by atoms with Crippen LogP contribution >= 0.6 is 0 Å². The molecule has 1 atom stereocenters. The molecule has 11 heteroatoms. The van der Waals surface area contributed by atoms with Gasteiger partial charge in [-0.15, -0.1) is 0 Å². The molecule has 0 radical (unpaired) electrons.